The first-order valence-corrected chi connectivity index (χ1v) is 4.88. The molecule has 1 amide bonds. The van der Waals surface area contributed by atoms with Crippen molar-refractivity contribution in [2.75, 3.05) is 6.54 Å². The Labute approximate surface area is 84.5 Å². The molecule has 74 valence electrons. The van der Waals surface area contributed by atoms with Crippen molar-refractivity contribution in [1.29, 1.82) is 5.26 Å². The summed E-state index contributed by atoms with van der Waals surface area (Å²) in [6.07, 6.45) is 9.40. The molecular weight excluding hydrogens is 176 g/mol. The Morgan fingerprint density at radius 3 is 2.57 bits per heavy atom. The molecule has 0 aromatic rings. The molecule has 1 fully saturated rings. The number of carbonyl (C=O) groups is 1. The lowest BCUT2D eigenvalue weighted by atomic mass is 9.74. The van der Waals surface area contributed by atoms with Crippen molar-refractivity contribution in [3.8, 4) is 18.4 Å². The summed E-state index contributed by atoms with van der Waals surface area (Å²) in [4.78, 5) is 11.7. The third kappa shape index (κ3) is 2.06. The van der Waals surface area contributed by atoms with Gasteiger partial charge in [-0.25, -0.2) is 0 Å². The molecule has 0 unspecified atom stereocenters. The standard InChI is InChI=1S/C11H14N2O/c1-2-8-13-10(14)11(9-12)6-4-3-5-7-11/h1H,3-8H2,(H,13,14). The second-order valence-electron chi connectivity index (χ2n) is 3.64. The van der Waals surface area contributed by atoms with E-state index in [0.717, 1.165) is 19.3 Å². The van der Waals surface area contributed by atoms with Crippen LogP contribution in [0.25, 0.3) is 0 Å². The molecule has 0 aromatic heterocycles. The SMILES string of the molecule is C#CCNC(=O)C1(C#N)CCCCC1. The van der Waals surface area contributed by atoms with Gasteiger partial charge in [-0.3, -0.25) is 4.79 Å². The molecule has 0 radical (unpaired) electrons. The maximum absolute atomic E-state index is 11.7. The second kappa shape index (κ2) is 4.67. The maximum atomic E-state index is 11.7. The van der Waals surface area contributed by atoms with Crippen LogP contribution < -0.4 is 5.32 Å². The lowest BCUT2D eigenvalue weighted by molar-refractivity contribution is -0.129. The summed E-state index contributed by atoms with van der Waals surface area (Å²) in [7, 11) is 0. The summed E-state index contributed by atoms with van der Waals surface area (Å²) in [5.41, 5.74) is -0.810. The minimum Gasteiger partial charge on any atom is -0.344 e. The van der Waals surface area contributed by atoms with Crippen LogP contribution in [0.2, 0.25) is 0 Å². The minimum atomic E-state index is -0.810. The lowest BCUT2D eigenvalue weighted by Gasteiger charge is -2.28. The van der Waals surface area contributed by atoms with Crippen LogP contribution in [0.4, 0.5) is 0 Å². The lowest BCUT2D eigenvalue weighted by Crippen LogP contribution is -2.41. The zero-order chi connectivity index (χ0) is 10.4. The first kappa shape index (κ1) is 10.6. The van der Waals surface area contributed by atoms with E-state index in [1.54, 1.807) is 0 Å². The summed E-state index contributed by atoms with van der Waals surface area (Å²) in [5, 5.41) is 11.6. The maximum Gasteiger partial charge on any atom is 0.241 e. The molecule has 1 saturated carbocycles. The van der Waals surface area contributed by atoms with Gasteiger partial charge in [0.15, 0.2) is 0 Å². The molecule has 1 aliphatic rings. The number of hydrogen-bond donors (Lipinski definition) is 1. The smallest absolute Gasteiger partial charge is 0.241 e. The third-order valence-electron chi connectivity index (χ3n) is 2.71. The van der Waals surface area contributed by atoms with E-state index in [1.165, 1.54) is 0 Å². The van der Waals surface area contributed by atoms with Gasteiger partial charge in [0.05, 0.1) is 12.6 Å². The highest BCUT2D eigenvalue weighted by atomic mass is 16.2. The molecule has 0 saturated heterocycles. The van der Waals surface area contributed by atoms with E-state index in [-0.39, 0.29) is 12.5 Å². The topological polar surface area (TPSA) is 52.9 Å². The van der Waals surface area contributed by atoms with Crippen molar-refractivity contribution in [3.63, 3.8) is 0 Å². The summed E-state index contributed by atoms with van der Waals surface area (Å²) >= 11 is 0. The first-order valence-electron chi connectivity index (χ1n) is 4.88. The van der Waals surface area contributed by atoms with Crippen LogP contribution in [0.3, 0.4) is 0 Å². The molecule has 3 heteroatoms. The molecule has 0 aromatic carbocycles. The van der Waals surface area contributed by atoms with Gasteiger partial charge in [-0.1, -0.05) is 25.2 Å². The van der Waals surface area contributed by atoms with Crippen LogP contribution in [-0.2, 0) is 4.79 Å². The van der Waals surface area contributed by atoms with Crippen molar-refractivity contribution in [2.45, 2.75) is 32.1 Å². The highest BCUT2D eigenvalue weighted by molar-refractivity contribution is 5.85. The van der Waals surface area contributed by atoms with Crippen molar-refractivity contribution < 1.29 is 4.79 Å². The monoisotopic (exact) mass is 190 g/mol. The molecule has 1 N–H and O–H groups in total. The van der Waals surface area contributed by atoms with Crippen molar-refractivity contribution in [2.24, 2.45) is 5.41 Å². The van der Waals surface area contributed by atoms with Crippen LogP contribution in [0.5, 0.6) is 0 Å². The molecule has 14 heavy (non-hydrogen) atoms. The van der Waals surface area contributed by atoms with Crippen molar-refractivity contribution >= 4 is 5.91 Å². The third-order valence-corrected chi connectivity index (χ3v) is 2.71. The average Bonchev–Trinajstić information content (AvgIpc) is 2.26. The number of rotatable bonds is 2. The van der Waals surface area contributed by atoms with Crippen LogP contribution >= 0.6 is 0 Å². The highest BCUT2D eigenvalue weighted by Gasteiger charge is 2.39. The first-order chi connectivity index (χ1) is 6.75. The molecule has 0 spiro atoms. The predicted molar refractivity (Wildman–Crippen MR) is 53.0 cm³/mol. The number of terminal acetylenes is 1. The largest absolute Gasteiger partial charge is 0.344 e. The number of nitrogens with zero attached hydrogens (tertiary/aromatic N) is 1. The molecule has 1 rings (SSSR count). The summed E-state index contributed by atoms with van der Waals surface area (Å²) in [6, 6.07) is 2.15. The average molecular weight is 190 g/mol. The summed E-state index contributed by atoms with van der Waals surface area (Å²) in [6.45, 7) is 0.211. The van der Waals surface area contributed by atoms with Crippen LogP contribution in [-0.4, -0.2) is 12.5 Å². The number of nitriles is 1. The number of nitrogens with one attached hydrogen (secondary N) is 1. The molecule has 0 heterocycles. The van der Waals surface area contributed by atoms with E-state index < -0.39 is 5.41 Å². The van der Waals surface area contributed by atoms with Crippen molar-refractivity contribution in [1.82, 2.24) is 5.32 Å². The van der Waals surface area contributed by atoms with Crippen molar-refractivity contribution in [3.05, 3.63) is 0 Å². The highest BCUT2D eigenvalue weighted by Crippen LogP contribution is 2.35. The fourth-order valence-corrected chi connectivity index (χ4v) is 1.85. The fourth-order valence-electron chi connectivity index (χ4n) is 1.85. The van der Waals surface area contributed by atoms with E-state index in [4.69, 9.17) is 11.7 Å². The molecule has 0 bridgehead atoms. The Hall–Kier alpha value is -1.48. The van der Waals surface area contributed by atoms with E-state index in [9.17, 15) is 4.79 Å². The quantitative estimate of drug-likeness (QED) is 0.665. The van der Waals surface area contributed by atoms with E-state index in [0.29, 0.717) is 12.8 Å². The summed E-state index contributed by atoms with van der Waals surface area (Å²) < 4.78 is 0. The minimum absolute atomic E-state index is 0.197. The Morgan fingerprint density at radius 2 is 2.07 bits per heavy atom. The Morgan fingerprint density at radius 1 is 1.43 bits per heavy atom. The van der Waals surface area contributed by atoms with Gasteiger partial charge in [0, 0.05) is 0 Å². The zero-order valence-corrected chi connectivity index (χ0v) is 8.18. The molecule has 0 aliphatic heterocycles. The van der Waals surface area contributed by atoms with Crippen LogP contribution in [0, 0.1) is 29.1 Å². The number of amides is 1. The number of carbonyl (C=O) groups excluding carboxylic acids is 1. The van der Waals surface area contributed by atoms with Gasteiger partial charge in [-0.15, -0.1) is 6.42 Å². The Bertz CT molecular complexity index is 289. The van der Waals surface area contributed by atoms with Crippen LogP contribution in [0.15, 0.2) is 0 Å². The van der Waals surface area contributed by atoms with Gasteiger partial charge in [-0.05, 0) is 12.8 Å². The molecule has 0 atom stereocenters. The van der Waals surface area contributed by atoms with Crippen LogP contribution in [0.1, 0.15) is 32.1 Å². The Balaban J connectivity index is 2.65. The van der Waals surface area contributed by atoms with E-state index in [1.807, 2.05) is 0 Å². The van der Waals surface area contributed by atoms with Gasteiger partial charge in [0.1, 0.15) is 5.41 Å². The van der Waals surface area contributed by atoms with Gasteiger partial charge < -0.3 is 5.32 Å². The second-order valence-corrected chi connectivity index (χ2v) is 3.64. The van der Waals surface area contributed by atoms with Gasteiger partial charge in [0.25, 0.3) is 0 Å². The fraction of sp³-hybridized carbons (Fsp3) is 0.636. The Kier molecular flexibility index (Phi) is 3.54. The van der Waals surface area contributed by atoms with E-state index >= 15 is 0 Å². The zero-order valence-electron chi connectivity index (χ0n) is 8.18. The summed E-state index contributed by atoms with van der Waals surface area (Å²) in [5.74, 6) is 2.14. The van der Waals surface area contributed by atoms with Gasteiger partial charge >= 0.3 is 0 Å². The van der Waals surface area contributed by atoms with Gasteiger partial charge in [0.2, 0.25) is 5.91 Å². The predicted octanol–water partition coefficient (Wildman–Crippen LogP) is 1.21. The number of hydrogen-bond acceptors (Lipinski definition) is 2. The molecular formula is C11H14N2O. The van der Waals surface area contributed by atoms with E-state index in [2.05, 4.69) is 17.3 Å². The van der Waals surface area contributed by atoms with Gasteiger partial charge in [-0.2, -0.15) is 5.26 Å². The molecule has 3 nitrogen and oxygen atoms in total. The normalized spacial score (nSPS) is 19.0. The molecule has 1 aliphatic carbocycles.